The molecule has 1 heterocycles. The van der Waals surface area contributed by atoms with Gasteiger partial charge in [0.2, 0.25) is 0 Å². The van der Waals surface area contributed by atoms with Crippen molar-refractivity contribution in [1.29, 1.82) is 0 Å². The van der Waals surface area contributed by atoms with E-state index < -0.39 is 24.3 Å². The summed E-state index contributed by atoms with van der Waals surface area (Å²) in [7, 11) is 1.89. The first kappa shape index (κ1) is 21.5. The zero-order valence-corrected chi connectivity index (χ0v) is 16.9. The molecule has 156 valence electrons. The number of ether oxygens (including phenoxy) is 1. The smallest absolute Gasteiger partial charge is 0.319 e. The van der Waals surface area contributed by atoms with Gasteiger partial charge in [-0.05, 0) is 30.8 Å². The maximum absolute atomic E-state index is 12.2. The first-order valence-corrected chi connectivity index (χ1v) is 9.84. The van der Waals surface area contributed by atoms with Crippen molar-refractivity contribution in [2.45, 2.75) is 30.9 Å². The number of carbonyl (C=O) groups is 1. The summed E-state index contributed by atoms with van der Waals surface area (Å²) in [6.07, 6.45) is -2.03. The van der Waals surface area contributed by atoms with Gasteiger partial charge in [-0.2, -0.15) is 0 Å². The summed E-state index contributed by atoms with van der Waals surface area (Å²) >= 11 is 5.93. The van der Waals surface area contributed by atoms with Crippen molar-refractivity contribution >= 4 is 23.3 Å². The third kappa shape index (κ3) is 5.68. The SMILES string of the molecule is CN(Cc1ccccc1)C1C(CNC(=O)Nc2cccc(Cl)c2)OC(CO)C1O. The Labute approximate surface area is 175 Å². The van der Waals surface area contributed by atoms with E-state index in [2.05, 4.69) is 10.6 Å². The molecular weight excluding hydrogens is 394 g/mol. The van der Waals surface area contributed by atoms with Gasteiger partial charge < -0.3 is 25.6 Å². The quantitative estimate of drug-likeness (QED) is 0.551. The molecule has 4 unspecified atom stereocenters. The average molecular weight is 420 g/mol. The normalized spacial score (nSPS) is 23.9. The summed E-state index contributed by atoms with van der Waals surface area (Å²) in [4.78, 5) is 14.2. The molecule has 8 heteroatoms. The number of aliphatic hydroxyl groups is 2. The molecule has 4 N–H and O–H groups in total. The van der Waals surface area contributed by atoms with Crippen LogP contribution in [0, 0.1) is 0 Å². The average Bonchev–Trinajstić information content (AvgIpc) is 3.02. The molecule has 0 aliphatic carbocycles. The van der Waals surface area contributed by atoms with Crippen molar-refractivity contribution in [3.05, 3.63) is 65.2 Å². The number of nitrogens with zero attached hydrogens (tertiary/aromatic N) is 1. The van der Waals surface area contributed by atoms with Crippen LogP contribution in [0.3, 0.4) is 0 Å². The molecule has 2 aromatic rings. The van der Waals surface area contributed by atoms with Crippen LogP contribution in [-0.2, 0) is 11.3 Å². The number of benzene rings is 2. The second-order valence-electron chi connectivity index (χ2n) is 7.12. The van der Waals surface area contributed by atoms with Crippen LogP contribution in [0.25, 0.3) is 0 Å². The topological polar surface area (TPSA) is 94.1 Å². The fourth-order valence-corrected chi connectivity index (χ4v) is 3.79. The van der Waals surface area contributed by atoms with Gasteiger partial charge in [-0.15, -0.1) is 0 Å². The molecule has 3 rings (SSSR count). The van der Waals surface area contributed by atoms with Gasteiger partial charge in [-0.3, -0.25) is 4.90 Å². The monoisotopic (exact) mass is 419 g/mol. The Morgan fingerprint density at radius 1 is 1.17 bits per heavy atom. The minimum Gasteiger partial charge on any atom is -0.394 e. The number of anilines is 1. The van der Waals surface area contributed by atoms with E-state index in [0.717, 1.165) is 5.56 Å². The summed E-state index contributed by atoms with van der Waals surface area (Å²) in [6.45, 7) is 0.501. The van der Waals surface area contributed by atoms with Crippen LogP contribution in [0.1, 0.15) is 5.56 Å². The van der Waals surface area contributed by atoms with Crippen molar-refractivity contribution in [1.82, 2.24) is 10.2 Å². The third-order valence-corrected chi connectivity index (χ3v) is 5.21. The number of aliphatic hydroxyl groups excluding tert-OH is 2. The van der Waals surface area contributed by atoms with E-state index in [1.807, 2.05) is 42.3 Å². The number of hydrogen-bond donors (Lipinski definition) is 4. The van der Waals surface area contributed by atoms with Crippen molar-refractivity contribution in [3.63, 3.8) is 0 Å². The second-order valence-corrected chi connectivity index (χ2v) is 7.56. The Morgan fingerprint density at radius 2 is 1.93 bits per heavy atom. The first-order valence-electron chi connectivity index (χ1n) is 9.47. The van der Waals surface area contributed by atoms with E-state index in [1.54, 1.807) is 24.3 Å². The fourth-order valence-electron chi connectivity index (χ4n) is 3.60. The molecule has 0 spiro atoms. The predicted molar refractivity (Wildman–Crippen MR) is 112 cm³/mol. The standard InChI is InChI=1S/C21H26ClN3O4/c1-25(12-14-6-3-2-4-7-14)19-17(29-18(13-26)20(19)27)11-23-21(28)24-16-9-5-8-15(22)10-16/h2-10,17-20,26-27H,11-13H2,1H3,(H2,23,24,28). The Bertz CT molecular complexity index is 808. The Hall–Kier alpha value is -2.16. The maximum Gasteiger partial charge on any atom is 0.319 e. The highest BCUT2D eigenvalue weighted by molar-refractivity contribution is 6.30. The summed E-state index contributed by atoms with van der Waals surface area (Å²) in [5.74, 6) is 0. The number of nitrogens with one attached hydrogen (secondary N) is 2. The Balaban J connectivity index is 1.61. The van der Waals surface area contributed by atoms with Crippen molar-refractivity contribution in [2.75, 3.05) is 25.5 Å². The van der Waals surface area contributed by atoms with E-state index in [4.69, 9.17) is 16.3 Å². The Morgan fingerprint density at radius 3 is 2.62 bits per heavy atom. The van der Waals surface area contributed by atoms with Gasteiger partial charge in [0.05, 0.1) is 18.8 Å². The summed E-state index contributed by atoms with van der Waals surface area (Å²) < 4.78 is 5.81. The van der Waals surface area contributed by atoms with Gasteiger partial charge >= 0.3 is 6.03 Å². The number of hydrogen-bond acceptors (Lipinski definition) is 5. The van der Waals surface area contributed by atoms with Crippen molar-refractivity contribution in [3.8, 4) is 0 Å². The third-order valence-electron chi connectivity index (χ3n) is 4.97. The molecule has 29 heavy (non-hydrogen) atoms. The zero-order valence-electron chi connectivity index (χ0n) is 16.2. The summed E-state index contributed by atoms with van der Waals surface area (Å²) in [5, 5.41) is 26.2. The van der Waals surface area contributed by atoms with Crippen LogP contribution < -0.4 is 10.6 Å². The van der Waals surface area contributed by atoms with Gasteiger partial charge in [0.1, 0.15) is 12.2 Å². The maximum atomic E-state index is 12.2. The molecule has 7 nitrogen and oxygen atoms in total. The lowest BCUT2D eigenvalue weighted by molar-refractivity contribution is -0.0205. The van der Waals surface area contributed by atoms with Crippen molar-refractivity contribution < 1.29 is 19.7 Å². The first-order chi connectivity index (χ1) is 14.0. The van der Waals surface area contributed by atoms with E-state index >= 15 is 0 Å². The van der Waals surface area contributed by atoms with Crippen LogP contribution in [0.2, 0.25) is 5.02 Å². The fraction of sp³-hybridized carbons (Fsp3) is 0.381. The largest absolute Gasteiger partial charge is 0.394 e. The van der Waals surface area contributed by atoms with E-state index in [-0.39, 0.29) is 19.2 Å². The molecule has 1 fully saturated rings. The lowest BCUT2D eigenvalue weighted by Crippen LogP contribution is -2.49. The molecule has 1 aliphatic rings. The summed E-state index contributed by atoms with van der Waals surface area (Å²) in [6, 6.07) is 16.0. The van der Waals surface area contributed by atoms with Crippen LogP contribution in [0.15, 0.2) is 54.6 Å². The van der Waals surface area contributed by atoms with Crippen LogP contribution in [0.4, 0.5) is 10.5 Å². The van der Waals surface area contributed by atoms with E-state index in [0.29, 0.717) is 17.3 Å². The molecule has 2 amide bonds. The molecule has 0 saturated carbocycles. The minimum absolute atomic E-state index is 0.184. The highest BCUT2D eigenvalue weighted by Crippen LogP contribution is 2.26. The zero-order chi connectivity index (χ0) is 20.8. The molecule has 0 radical (unpaired) electrons. The minimum atomic E-state index is -0.864. The van der Waals surface area contributed by atoms with Gasteiger partial charge in [-0.1, -0.05) is 48.0 Å². The van der Waals surface area contributed by atoms with Gasteiger partial charge in [0.25, 0.3) is 0 Å². The number of urea groups is 1. The molecule has 0 bridgehead atoms. The van der Waals surface area contributed by atoms with Crippen molar-refractivity contribution in [2.24, 2.45) is 0 Å². The van der Waals surface area contributed by atoms with Gasteiger partial charge in [0, 0.05) is 23.8 Å². The number of amides is 2. The predicted octanol–water partition coefficient (Wildman–Crippen LogP) is 2.08. The van der Waals surface area contributed by atoms with E-state index in [1.165, 1.54) is 0 Å². The lowest BCUT2D eigenvalue weighted by Gasteiger charge is -2.30. The lowest BCUT2D eigenvalue weighted by atomic mass is 10.0. The number of halogens is 1. The van der Waals surface area contributed by atoms with Crippen LogP contribution in [-0.4, -0.2) is 65.7 Å². The number of carbonyl (C=O) groups excluding carboxylic acids is 1. The molecule has 4 atom stereocenters. The molecule has 1 aliphatic heterocycles. The number of likely N-dealkylation sites (N-methyl/N-ethyl adjacent to an activating group) is 1. The van der Waals surface area contributed by atoms with E-state index in [9.17, 15) is 15.0 Å². The van der Waals surface area contributed by atoms with Crippen LogP contribution in [0.5, 0.6) is 0 Å². The van der Waals surface area contributed by atoms with Crippen LogP contribution >= 0.6 is 11.6 Å². The van der Waals surface area contributed by atoms with Gasteiger partial charge in [0.15, 0.2) is 0 Å². The highest BCUT2D eigenvalue weighted by atomic mass is 35.5. The molecule has 2 aromatic carbocycles. The second kappa shape index (κ2) is 10.0. The highest BCUT2D eigenvalue weighted by Gasteiger charge is 2.45. The Kier molecular flexibility index (Phi) is 7.46. The molecular formula is C21H26ClN3O4. The summed E-state index contributed by atoms with van der Waals surface area (Å²) in [5.41, 5.74) is 1.67. The molecule has 0 aromatic heterocycles. The van der Waals surface area contributed by atoms with Gasteiger partial charge in [-0.25, -0.2) is 4.79 Å². The number of rotatable bonds is 7. The molecule has 1 saturated heterocycles.